The van der Waals surface area contributed by atoms with E-state index in [0.29, 0.717) is 0 Å². The fourth-order valence-corrected chi connectivity index (χ4v) is 4.48. The fourth-order valence-electron chi connectivity index (χ4n) is 1.72. The van der Waals surface area contributed by atoms with Crippen molar-refractivity contribution in [2.45, 2.75) is 17.9 Å². The molecule has 0 saturated carbocycles. The van der Waals surface area contributed by atoms with Gasteiger partial charge in [-0.1, -0.05) is 28.1 Å². The van der Waals surface area contributed by atoms with Crippen molar-refractivity contribution in [3.63, 3.8) is 0 Å². The number of carboxylic acid groups (broad SMARTS) is 1. The molecule has 5 nitrogen and oxygen atoms in total. The maximum Gasteiger partial charge on any atom is 0.345 e. The highest BCUT2D eigenvalue weighted by Crippen LogP contribution is 2.23. The third-order valence-corrected chi connectivity index (χ3v) is 5.86. The van der Waals surface area contributed by atoms with Gasteiger partial charge in [0.2, 0.25) is 10.0 Å². The third kappa shape index (κ3) is 3.91. The van der Waals surface area contributed by atoms with Gasteiger partial charge in [0.15, 0.2) is 0 Å². The van der Waals surface area contributed by atoms with Gasteiger partial charge in [-0.05, 0) is 30.7 Å². The lowest BCUT2D eigenvalue weighted by Gasteiger charge is -2.14. The highest BCUT2D eigenvalue weighted by molar-refractivity contribution is 9.10. The van der Waals surface area contributed by atoms with E-state index in [9.17, 15) is 13.2 Å². The summed E-state index contributed by atoms with van der Waals surface area (Å²) in [6.45, 7) is 1.73. The van der Waals surface area contributed by atoms with Crippen molar-refractivity contribution in [1.29, 1.82) is 0 Å². The Morgan fingerprint density at radius 2 is 2.10 bits per heavy atom. The van der Waals surface area contributed by atoms with Crippen molar-refractivity contribution in [3.05, 3.63) is 50.6 Å². The van der Waals surface area contributed by atoms with Gasteiger partial charge in [0.25, 0.3) is 0 Å². The number of nitrogens with one attached hydrogen (secondary N) is 1. The number of sulfonamides is 1. The predicted molar refractivity (Wildman–Crippen MR) is 84.2 cm³/mol. The van der Waals surface area contributed by atoms with E-state index in [1.54, 1.807) is 6.92 Å². The molecule has 0 amide bonds. The van der Waals surface area contributed by atoms with Gasteiger partial charge in [-0.25, -0.2) is 17.9 Å². The van der Waals surface area contributed by atoms with Gasteiger partial charge in [0, 0.05) is 15.9 Å². The summed E-state index contributed by atoms with van der Waals surface area (Å²) in [6, 6.07) is 8.03. The molecule has 2 aromatic rings. The molecule has 1 heterocycles. The van der Waals surface area contributed by atoms with Crippen molar-refractivity contribution in [3.8, 4) is 0 Å². The molecule has 0 aliphatic heterocycles. The molecular weight excluding hydrogens is 378 g/mol. The Kier molecular flexibility index (Phi) is 4.82. The summed E-state index contributed by atoms with van der Waals surface area (Å²) in [5, 5.41) is 10.2. The van der Waals surface area contributed by atoms with Crippen LogP contribution in [-0.2, 0) is 10.0 Å². The van der Waals surface area contributed by atoms with Gasteiger partial charge >= 0.3 is 5.97 Å². The largest absolute Gasteiger partial charge is 0.477 e. The number of aromatic carboxylic acids is 1. The van der Waals surface area contributed by atoms with E-state index in [2.05, 4.69) is 20.7 Å². The lowest BCUT2D eigenvalue weighted by Crippen LogP contribution is -2.26. The highest BCUT2D eigenvalue weighted by atomic mass is 79.9. The molecule has 1 atom stereocenters. The van der Waals surface area contributed by atoms with Crippen LogP contribution >= 0.6 is 27.3 Å². The van der Waals surface area contributed by atoms with E-state index >= 15 is 0 Å². The maximum atomic E-state index is 12.2. The van der Waals surface area contributed by atoms with Crippen LogP contribution < -0.4 is 4.72 Å². The van der Waals surface area contributed by atoms with Crippen LogP contribution in [0.15, 0.2) is 45.1 Å². The van der Waals surface area contributed by atoms with E-state index < -0.39 is 22.0 Å². The van der Waals surface area contributed by atoms with Crippen molar-refractivity contribution < 1.29 is 18.3 Å². The molecule has 112 valence electrons. The molecule has 0 aliphatic rings. The van der Waals surface area contributed by atoms with Crippen LogP contribution in [0.5, 0.6) is 0 Å². The van der Waals surface area contributed by atoms with E-state index in [1.807, 2.05) is 24.3 Å². The summed E-state index contributed by atoms with van der Waals surface area (Å²) >= 11 is 4.22. The van der Waals surface area contributed by atoms with E-state index in [1.165, 1.54) is 5.38 Å². The molecule has 1 aromatic heterocycles. The molecule has 0 saturated heterocycles. The van der Waals surface area contributed by atoms with Gasteiger partial charge in [-0.2, -0.15) is 0 Å². The first kappa shape index (κ1) is 16.2. The Bertz CT molecular complexity index is 770. The minimum Gasteiger partial charge on any atom is -0.477 e. The summed E-state index contributed by atoms with van der Waals surface area (Å²) in [7, 11) is -3.75. The first-order valence-corrected chi connectivity index (χ1v) is 9.05. The van der Waals surface area contributed by atoms with Crippen molar-refractivity contribution in [2.24, 2.45) is 0 Å². The second-order valence-corrected chi connectivity index (χ2v) is 7.89. The van der Waals surface area contributed by atoms with E-state index in [4.69, 9.17) is 5.11 Å². The normalized spacial score (nSPS) is 13.0. The quantitative estimate of drug-likeness (QED) is 0.821. The van der Waals surface area contributed by atoms with Gasteiger partial charge < -0.3 is 5.11 Å². The number of hydrogen-bond acceptors (Lipinski definition) is 4. The van der Waals surface area contributed by atoms with Crippen molar-refractivity contribution in [1.82, 2.24) is 4.72 Å². The third-order valence-electron chi connectivity index (χ3n) is 2.78. The summed E-state index contributed by atoms with van der Waals surface area (Å²) < 4.78 is 27.8. The minimum atomic E-state index is -3.75. The van der Waals surface area contributed by atoms with Gasteiger partial charge in [0.05, 0.1) is 4.90 Å². The van der Waals surface area contributed by atoms with Crippen LogP contribution in [0.25, 0.3) is 0 Å². The van der Waals surface area contributed by atoms with Gasteiger partial charge in [-0.15, -0.1) is 11.3 Å². The molecule has 21 heavy (non-hydrogen) atoms. The average Bonchev–Trinajstić information content (AvgIpc) is 2.88. The first-order valence-electron chi connectivity index (χ1n) is 5.89. The molecule has 2 N–H and O–H groups in total. The van der Waals surface area contributed by atoms with Crippen LogP contribution in [0.1, 0.15) is 28.2 Å². The number of carboxylic acids is 1. The predicted octanol–water partition coefficient (Wildman–Crippen LogP) is 3.25. The Labute approximate surface area is 134 Å². The SMILES string of the molecule is C[C@H](NS(=O)(=O)c1csc(C(=O)O)c1)c1cccc(Br)c1. The van der Waals surface area contributed by atoms with Crippen LogP contribution in [0, 0.1) is 0 Å². The monoisotopic (exact) mass is 389 g/mol. The standard InChI is InChI=1S/C13H12BrNO4S2/c1-8(9-3-2-4-10(14)5-9)15-21(18,19)11-6-12(13(16)17)20-7-11/h2-8,15H,1H3,(H,16,17)/t8-/m0/s1. The Morgan fingerprint density at radius 1 is 1.38 bits per heavy atom. The molecule has 8 heteroatoms. The van der Waals surface area contributed by atoms with Crippen LogP contribution in [0.4, 0.5) is 0 Å². The van der Waals surface area contributed by atoms with Crippen molar-refractivity contribution >= 4 is 43.3 Å². The van der Waals surface area contributed by atoms with Crippen LogP contribution in [0.2, 0.25) is 0 Å². The second kappa shape index (κ2) is 6.27. The van der Waals surface area contributed by atoms with Crippen LogP contribution in [0.3, 0.4) is 0 Å². The Balaban J connectivity index is 2.22. The summed E-state index contributed by atoms with van der Waals surface area (Å²) in [5.41, 5.74) is 0.807. The number of carbonyl (C=O) groups is 1. The molecule has 0 radical (unpaired) electrons. The molecular formula is C13H12BrNO4S2. The number of hydrogen-bond donors (Lipinski definition) is 2. The zero-order valence-corrected chi connectivity index (χ0v) is 14.1. The molecule has 2 rings (SSSR count). The molecule has 0 spiro atoms. The van der Waals surface area contributed by atoms with E-state index in [0.717, 1.165) is 27.4 Å². The zero-order chi connectivity index (χ0) is 15.6. The van der Waals surface area contributed by atoms with Gasteiger partial charge in [-0.3, -0.25) is 0 Å². The average molecular weight is 390 g/mol. The highest BCUT2D eigenvalue weighted by Gasteiger charge is 2.21. The molecule has 0 aliphatic carbocycles. The van der Waals surface area contributed by atoms with Crippen molar-refractivity contribution in [2.75, 3.05) is 0 Å². The van der Waals surface area contributed by atoms with Gasteiger partial charge in [0.1, 0.15) is 4.88 Å². The minimum absolute atomic E-state index is 0.00881. The summed E-state index contributed by atoms with van der Waals surface area (Å²) in [6.07, 6.45) is 0. The van der Waals surface area contributed by atoms with Crippen LogP contribution in [-0.4, -0.2) is 19.5 Å². The first-order chi connectivity index (χ1) is 9.79. The molecule has 0 unspecified atom stereocenters. The number of halogens is 1. The fraction of sp³-hybridized carbons (Fsp3) is 0.154. The molecule has 1 aromatic carbocycles. The smallest absolute Gasteiger partial charge is 0.345 e. The Hall–Kier alpha value is -1.22. The lowest BCUT2D eigenvalue weighted by atomic mass is 10.1. The molecule has 0 fully saturated rings. The number of rotatable bonds is 5. The zero-order valence-electron chi connectivity index (χ0n) is 10.9. The maximum absolute atomic E-state index is 12.2. The van der Waals surface area contributed by atoms with E-state index in [-0.39, 0.29) is 9.77 Å². The number of thiophene rings is 1. The summed E-state index contributed by atoms with van der Waals surface area (Å²) in [5.74, 6) is -1.14. The lowest BCUT2D eigenvalue weighted by molar-refractivity contribution is 0.0702. The molecule has 0 bridgehead atoms. The topological polar surface area (TPSA) is 83.5 Å². The number of benzene rings is 1. The Morgan fingerprint density at radius 3 is 2.67 bits per heavy atom. The second-order valence-electron chi connectivity index (χ2n) is 4.35. The summed E-state index contributed by atoms with van der Waals surface area (Å²) in [4.78, 5) is 10.8.